The average molecular weight is 312 g/mol. The molecule has 0 aliphatic carbocycles. The smallest absolute Gasteiger partial charge is 0.264 e. The molecule has 22 heavy (non-hydrogen) atoms. The molecular weight excluding hydrogens is 299 g/mol. The van der Waals surface area contributed by atoms with E-state index in [2.05, 4.69) is 10.3 Å². The Bertz CT molecular complexity index is 782. The predicted octanol–water partition coefficient (Wildman–Crippen LogP) is 4.03. The predicted molar refractivity (Wildman–Crippen MR) is 88.4 cm³/mol. The van der Waals surface area contributed by atoms with Crippen LogP contribution < -0.4 is 5.32 Å². The van der Waals surface area contributed by atoms with Gasteiger partial charge in [0.25, 0.3) is 5.91 Å². The zero-order valence-electron chi connectivity index (χ0n) is 11.8. The Hall–Kier alpha value is -2.40. The topological polar surface area (TPSA) is 41.5 Å². The molecule has 1 N–H and O–H groups in total. The van der Waals surface area contributed by atoms with Gasteiger partial charge in [-0.1, -0.05) is 29.8 Å². The van der Waals surface area contributed by atoms with Gasteiger partial charge in [0.2, 0.25) is 0 Å². The van der Waals surface area contributed by atoms with Crippen molar-refractivity contribution in [1.29, 1.82) is 0 Å². The number of nitrogens with one attached hydrogen (secondary N) is 1. The number of aryl methyl sites for hydroxylation is 1. The van der Waals surface area contributed by atoms with E-state index in [0.717, 1.165) is 11.3 Å². The van der Waals surface area contributed by atoms with Crippen LogP contribution in [0.2, 0.25) is 0 Å². The quantitative estimate of drug-likeness (QED) is 0.851. The molecule has 0 aromatic heterocycles. The van der Waals surface area contributed by atoms with Gasteiger partial charge in [-0.3, -0.25) is 4.79 Å². The molecule has 2 aromatic carbocycles. The molecule has 3 rings (SSSR count). The Labute approximate surface area is 132 Å². The minimum absolute atomic E-state index is 0.222. The van der Waals surface area contributed by atoms with Crippen LogP contribution in [0.4, 0.5) is 10.1 Å². The highest BCUT2D eigenvalue weighted by Gasteiger charge is 2.23. The monoisotopic (exact) mass is 312 g/mol. The normalized spacial score (nSPS) is 18.0. The molecule has 110 valence electrons. The van der Waals surface area contributed by atoms with Crippen LogP contribution >= 0.6 is 11.8 Å². The lowest BCUT2D eigenvalue weighted by molar-refractivity contribution is -0.115. The van der Waals surface area contributed by atoms with Crippen LogP contribution in [0.25, 0.3) is 6.08 Å². The molecule has 0 unspecified atom stereocenters. The summed E-state index contributed by atoms with van der Waals surface area (Å²) in [5.74, 6) is -0.550. The third-order valence-electron chi connectivity index (χ3n) is 3.06. The van der Waals surface area contributed by atoms with Crippen LogP contribution in [0.1, 0.15) is 11.1 Å². The van der Waals surface area contributed by atoms with Crippen molar-refractivity contribution in [2.45, 2.75) is 6.92 Å². The number of hydrogen-bond acceptors (Lipinski definition) is 3. The summed E-state index contributed by atoms with van der Waals surface area (Å²) in [7, 11) is 0. The molecule has 0 atom stereocenters. The second-order valence-corrected chi connectivity index (χ2v) is 5.90. The van der Waals surface area contributed by atoms with E-state index < -0.39 is 0 Å². The SMILES string of the molecule is Cc1ccc(N=C2NC(=O)/C(=C/c3cccc(F)c3)S2)cc1. The minimum atomic E-state index is -0.327. The average Bonchev–Trinajstić information content (AvgIpc) is 2.81. The first-order valence-electron chi connectivity index (χ1n) is 6.72. The van der Waals surface area contributed by atoms with Gasteiger partial charge in [-0.25, -0.2) is 9.38 Å². The minimum Gasteiger partial charge on any atom is -0.300 e. The van der Waals surface area contributed by atoms with E-state index in [4.69, 9.17) is 0 Å². The molecule has 1 saturated heterocycles. The summed E-state index contributed by atoms with van der Waals surface area (Å²) in [4.78, 5) is 16.8. The van der Waals surface area contributed by atoms with Crippen LogP contribution in [-0.4, -0.2) is 11.1 Å². The largest absolute Gasteiger partial charge is 0.300 e. The highest BCUT2D eigenvalue weighted by molar-refractivity contribution is 8.18. The van der Waals surface area contributed by atoms with Gasteiger partial charge in [0.1, 0.15) is 5.82 Å². The molecular formula is C17H13FN2OS. The van der Waals surface area contributed by atoms with Crippen molar-refractivity contribution in [3.63, 3.8) is 0 Å². The number of carbonyl (C=O) groups excluding carboxylic acids is 1. The maximum absolute atomic E-state index is 13.2. The van der Waals surface area contributed by atoms with Gasteiger partial charge >= 0.3 is 0 Å². The molecule has 0 spiro atoms. The summed E-state index contributed by atoms with van der Waals surface area (Å²) in [6, 6.07) is 13.8. The Kier molecular flexibility index (Phi) is 4.06. The van der Waals surface area contributed by atoms with E-state index in [-0.39, 0.29) is 11.7 Å². The maximum Gasteiger partial charge on any atom is 0.264 e. The van der Waals surface area contributed by atoms with E-state index >= 15 is 0 Å². The van der Waals surface area contributed by atoms with Gasteiger partial charge in [-0.2, -0.15) is 0 Å². The summed E-state index contributed by atoms with van der Waals surface area (Å²) in [6.07, 6.45) is 1.65. The summed E-state index contributed by atoms with van der Waals surface area (Å²) in [5, 5.41) is 3.24. The van der Waals surface area contributed by atoms with E-state index in [0.29, 0.717) is 15.6 Å². The van der Waals surface area contributed by atoms with E-state index in [1.807, 2.05) is 31.2 Å². The van der Waals surface area contributed by atoms with Gasteiger partial charge in [-0.15, -0.1) is 0 Å². The molecule has 1 aliphatic heterocycles. The molecule has 5 heteroatoms. The Morgan fingerprint density at radius 2 is 1.95 bits per heavy atom. The van der Waals surface area contributed by atoms with Crippen molar-refractivity contribution < 1.29 is 9.18 Å². The van der Waals surface area contributed by atoms with E-state index in [9.17, 15) is 9.18 Å². The Morgan fingerprint density at radius 1 is 1.18 bits per heavy atom. The second kappa shape index (κ2) is 6.15. The number of carbonyl (C=O) groups is 1. The summed E-state index contributed by atoms with van der Waals surface area (Å²) < 4.78 is 13.2. The van der Waals surface area contributed by atoms with Crippen LogP contribution in [0.5, 0.6) is 0 Å². The first-order chi connectivity index (χ1) is 10.6. The summed E-state index contributed by atoms with van der Waals surface area (Å²) >= 11 is 1.25. The van der Waals surface area contributed by atoms with Crippen molar-refractivity contribution in [2.24, 2.45) is 4.99 Å². The fraction of sp³-hybridized carbons (Fsp3) is 0.0588. The molecule has 2 aromatic rings. The Balaban J connectivity index is 1.82. The van der Waals surface area contributed by atoms with Crippen LogP contribution in [0.15, 0.2) is 58.4 Å². The number of rotatable bonds is 2. The fourth-order valence-electron chi connectivity index (χ4n) is 1.96. The highest BCUT2D eigenvalue weighted by Crippen LogP contribution is 2.28. The van der Waals surface area contributed by atoms with Crippen molar-refractivity contribution in [1.82, 2.24) is 5.32 Å². The number of amidine groups is 1. The van der Waals surface area contributed by atoms with Crippen LogP contribution in [-0.2, 0) is 4.79 Å². The van der Waals surface area contributed by atoms with Gasteiger partial charge in [0, 0.05) is 0 Å². The molecule has 0 radical (unpaired) electrons. The molecule has 3 nitrogen and oxygen atoms in total. The molecule has 1 aliphatic rings. The first-order valence-corrected chi connectivity index (χ1v) is 7.54. The molecule has 0 bridgehead atoms. The Morgan fingerprint density at radius 3 is 2.68 bits per heavy atom. The molecule has 0 saturated carbocycles. The summed E-state index contributed by atoms with van der Waals surface area (Å²) in [6.45, 7) is 2.00. The third kappa shape index (κ3) is 3.43. The zero-order chi connectivity index (χ0) is 15.5. The number of hydrogen-bond donors (Lipinski definition) is 1. The van der Waals surface area contributed by atoms with Crippen molar-refractivity contribution in [3.05, 3.63) is 70.4 Å². The molecule has 1 amide bonds. The number of aliphatic imine (C=N–C) groups is 1. The lowest BCUT2D eigenvalue weighted by atomic mass is 10.2. The number of halogens is 1. The summed E-state index contributed by atoms with van der Waals surface area (Å²) in [5.41, 5.74) is 2.58. The molecule has 1 fully saturated rings. The van der Waals surface area contributed by atoms with Crippen molar-refractivity contribution in [3.8, 4) is 0 Å². The van der Waals surface area contributed by atoms with Crippen molar-refractivity contribution >= 4 is 34.6 Å². The fourth-order valence-corrected chi connectivity index (χ4v) is 2.81. The second-order valence-electron chi connectivity index (χ2n) is 4.87. The number of benzene rings is 2. The van der Waals surface area contributed by atoms with Crippen LogP contribution in [0, 0.1) is 12.7 Å². The van der Waals surface area contributed by atoms with Gasteiger partial charge in [0.15, 0.2) is 5.17 Å². The number of amides is 1. The van der Waals surface area contributed by atoms with E-state index in [1.165, 1.54) is 23.9 Å². The van der Waals surface area contributed by atoms with Gasteiger partial charge in [0.05, 0.1) is 10.6 Å². The van der Waals surface area contributed by atoms with Gasteiger partial charge < -0.3 is 5.32 Å². The number of thioether (sulfide) groups is 1. The first kappa shape index (κ1) is 14.5. The van der Waals surface area contributed by atoms with Crippen molar-refractivity contribution in [2.75, 3.05) is 0 Å². The zero-order valence-corrected chi connectivity index (χ0v) is 12.7. The lowest BCUT2D eigenvalue weighted by Crippen LogP contribution is -2.19. The lowest BCUT2D eigenvalue weighted by Gasteiger charge is -1.97. The molecule has 1 heterocycles. The third-order valence-corrected chi connectivity index (χ3v) is 3.97. The van der Waals surface area contributed by atoms with E-state index in [1.54, 1.807) is 18.2 Å². The van der Waals surface area contributed by atoms with Crippen LogP contribution in [0.3, 0.4) is 0 Å². The number of nitrogens with zero attached hydrogens (tertiary/aromatic N) is 1. The standard InChI is InChI=1S/C17H13FN2OS/c1-11-5-7-14(8-6-11)19-17-20-16(21)15(22-17)10-12-3-2-4-13(18)9-12/h2-10H,1H3,(H,19,20,21)/b15-10-. The highest BCUT2D eigenvalue weighted by atomic mass is 32.2. The maximum atomic E-state index is 13.2. The van der Waals surface area contributed by atoms with Gasteiger partial charge in [-0.05, 0) is 54.6 Å².